The first-order valence-corrected chi connectivity index (χ1v) is 5.32. The van der Waals surface area contributed by atoms with Gasteiger partial charge in [0.1, 0.15) is 11.4 Å². The molecule has 5 nitrogen and oxygen atoms in total. The van der Waals surface area contributed by atoms with Crippen LogP contribution in [-0.2, 0) is 4.79 Å². The molecule has 0 rings (SSSR count). The lowest BCUT2D eigenvalue weighted by Gasteiger charge is -2.19. The van der Waals surface area contributed by atoms with Crippen molar-refractivity contribution in [1.82, 2.24) is 5.32 Å². The van der Waals surface area contributed by atoms with E-state index in [0.717, 1.165) is 0 Å². The molecule has 19 heavy (non-hydrogen) atoms. The number of carboxylic acid groups (broad SMARTS) is 1. The number of hydrogen-bond acceptors (Lipinski definition) is 3. The number of carboxylic acids is 1. The minimum atomic E-state index is -1.34. The summed E-state index contributed by atoms with van der Waals surface area (Å²) in [4.78, 5) is 10.7. The molecule has 5 N–H and O–H groups in total. The molecule has 1 atom stereocenters. The molecule has 0 aromatic heterocycles. The number of allylic oxidation sites excluding steroid dienone is 1. The Balaban J connectivity index is -0.00000128. The molecule has 8 heteroatoms. The van der Waals surface area contributed by atoms with Gasteiger partial charge in [0.2, 0.25) is 0 Å². The second-order valence-electron chi connectivity index (χ2n) is 4.39. The van der Waals surface area contributed by atoms with Crippen LogP contribution in [-0.4, -0.2) is 29.0 Å². The van der Waals surface area contributed by atoms with E-state index in [1.165, 1.54) is 13.8 Å². The van der Waals surface area contributed by atoms with Gasteiger partial charge in [0.05, 0.1) is 12.4 Å². The summed E-state index contributed by atoms with van der Waals surface area (Å²) in [5, 5.41) is 18.4. The number of amidine groups is 1. The van der Waals surface area contributed by atoms with Gasteiger partial charge >= 0.3 is 5.97 Å². The molecule has 0 fully saturated rings. The zero-order chi connectivity index (χ0) is 13.6. The molecule has 0 amide bonds. The number of rotatable bonds is 6. The first-order valence-electron chi connectivity index (χ1n) is 5.32. The highest BCUT2D eigenvalue weighted by molar-refractivity contribution is 5.85. The molecule has 0 aromatic carbocycles. The van der Waals surface area contributed by atoms with Crippen molar-refractivity contribution in [2.24, 2.45) is 5.73 Å². The van der Waals surface area contributed by atoms with Gasteiger partial charge in [-0.05, 0) is 39.2 Å². The summed E-state index contributed by atoms with van der Waals surface area (Å²) in [6, 6.07) is 0. The Labute approximate surface area is 125 Å². The van der Waals surface area contributed by atoms with Gasteiger partial charge in [-0.3, -0.25) is 10.2 Å². The summed E-state index contributed by atoms with van der Waals surface area (Å²) in [7, 11) is 0. The zero-order valence-electron chi connectivity index (χ0n) is 11.2. The van der Waals surface area contributed by atoms with Gasteiger partial charge in [-0.2, -0.15) is 0 Å². The molecular weight excluding hydrogens is 296 g/mol. The molecule has 0 unspecified atom stereocenters. The number of carbonyl (C=O) groups is 1. The van der Waals surface area contributed by atoms with Crippen LogP contribution >= 0.6 is 24.8 Å². The maximum atomic E-state index is 13.5. The number of nitrogens with two attached hydrogens (primary N) is 1. The Morgan fingerprint density at radius 3 is 2.26 bits per heavy atom. The van der Waals surface area contributed by atoms with Crippen molar-refractivity contribution >= 4 is 36.6 Å². The van der Waals surface area contributed by atoms with Crippen molar-refractivity contribution < 1.29 is 14.3 Å². The van der Waals surface area contributed by atoms with Crippen LogP contribution in [0.3, 0.4) is 0 Å². The second kappa shape index (κ2) is 10.00. The van der Waals surface area contributed by atoms with Gasteiger partial charge in [0.15, 0.2) is 0 Å². The quantitative estimate of drug-likeness (QED) is 0.446. The third-order valence-corrected chi connectivity index (χ3v) is 2.48. The largest absolute Gasteiger partial charge is 0.480 e. The van der Waals surface area contributed by atoms with Gasteiger partial charge in [0, 0.05) is 0 Å². The zero-order valence-corrected chi connectivity index (χ0v) is 12.9. The Kier molecular flexibility index (Phi) is 12.2. The van der Waals surface area contributed by atoms with Crippen molar-refractivity contribution in [1.29, 1.82) is 5.41 Å². The second-order valence-corrected chi connectivity index (χ2v) is 4.39. The van der Waals surface area contributed by atoms with Gasteiger partial charge < -0.3 is 16.2 Å². The van der Waals surface area contributed by atoms with Crippen LogP contribution < -0.4 is 11.1 Å². The number of halogens is 3. The molecule has 0 heterocycles. The van der Waals surface area contributed by atoms with E-state index in [2.05, 4.69) is 5.32 Å². The molecule has 0 saturated heterocycles. The van der Waals surface area contributed by atoms with Crippen LogP contribution in [0.1, 0.15) is 33.6 Å². The molecule has 114 valence electrons. The highest BCUT2D eigenvalue weighted by Gasteiger charge is 2.27. The van der Waals surface area contributed by atoms with Crippen LogP contribution in [0.4, 0.5) is 4.39 Å². The first kappa shape index (κ1) is 23.3. The van der Waals surface area contributed by atoms with Crippen molar-refractivity contribution in [3.8, 4) is 0 Å². The number of nitrogens with one attached hydrogen (secondary N) is 2. The molecule has 0 aliphatic heterocycles. The van der Waals surface area contributed by atoms with Crippen LogP contribution in [0.25, 0.3) is 0 Å². The fraction of sp³-hybridized carbons (Fsp3) is 0.636. The average molecular weight is 318 g/mol. The van der Waals surface area contributed by atoms with Crippen LogP contribution in [0.5, 0.6) is 0 Å². The molecular formula is C11H22Cl2FN3O2. The Bertz CT molecular complexity index is 347. The van der Waals surface area contributed by atoms with Crippen molar-refractivity contribution in [2.45, 2.75) is 39.2 Å². The van der Waals surface area contributed by atoms with Crippen LogP contribution in [0, 0.1) is 5.41 Å². The molecule has 0 saturated carbocycles. The predicted molar refractivity (Wildman–Crippen MR) is 79.2 cm³/mol. The minimum Gasteiger partial charge on any atom is -0.480 e. The van der Waals surface area contributed by atoms with Gasteiger partial charge in [0.25, 0.3) is 0 Å². The molecule has 0 aromatic rings. The molecule has 0 aliphatic carbocycles. The molecule has 0 bridgehead atoms. The van der Waals surface area contributed by atoms with E-state index in [0.29, 0.717) is 5.57 Å². The third kappa shape index (κ3) is 9.69. The van der Waals surface area contributed by atoms with Crippen molar-refractivity contribution in [2.75, 3.05) is 6.54 Å². The van der Waals surface area contributed by atoms with Crippen LogP contribution in [0.15, 0.2) is 11.4 Å². The Hall–Kier alpha value is -0.850. The summed E-state index contributed by atoms with van der Waals surface area (Å²) < 4.78 is 13.5. The van der Waals surface area contributed by atoms with E-state index < -0.39 is 11.5 Å². The lowest BCUT2D eigenvalue weighted by Crippen LogP contribution is -2.44. The maximum absolute atomic E-state index is 13.5. The summed E-state index contributed by atoms with van der Waals surface area (Å²) in [5.74, 6) is -1.29. The van der Waals surface area contributed by atoms with E-state index in [-0.39, 0.29) is 55.9 Å². The summed E-state index contributed by atoms with van der Waals surface area (Å²) in [5.41, 5.74) is 4.65. The van der Waals surface area contributed by atoms with Gasteiger partial charge in [-0.25, -0.2) is 4.39 Å². The average Bonchev–Trinajstić information content (AvgIpc) is 2.22. The summed E-state index contributed by atoms with van der Waals surface area (Å²) >= 11 is 0. The minimum absolute atomic E-state index is 0. The highest BCUT2D eigenvalue weighted by Crippen LogP contribution is 2.17. The van der Waals surface area contributed by atoms with Crippen molar-refractivity contribution in [3.63, 3.8) is 0 Å². The monoisotopic (exact) mass is 317 g/mol. The van der Waals surface area contributed by atoms with Gasteiger partial charge in [-0.1, -0.05) is 0 Å². The highest BCUT2D eigenvalue weighted by atomic mass is 35.5. The predicted octanol–water partition coefficient (Wildman–Crippen LogP) is 2.24. The number of hydrogen-bond donors (Lipinski definition) is 4. The number of aliphatic carboxylic acids is 1. The standard InChI is InChI=1S/C11H20FN3O2.2ClH/c1-7(9(12)6-15-8(2)13)4-5-11(3,14)10(16)17;;/h4-6,14H2,1-3H3,(H2,13,15)(H,16,17);2*1H/b9-7+;;/t11-;;/m0../s1. The van der Waals surface area contributed by atoms with E-state index in [1.807, 2.05) is 0 Å². The smallest absolute Gasteiger partial charge is 0.323 e. The Morgan fingerprint density at radius 2 is 1.89 bits per heavy atom. The molecule has 0 aliphatic rings. The fourth-order valence-electron chi connectivity index (χ4n) is 1.05. The van der Waals surface area contributed by atoms with Gasteiger partial charge in [-0.15, -0.1) is 24.8 Å². The third-order valence-electron chi connectivity index (χ3n) is 2.48. The van der Waals surface area contributed by atoms with E-state index >= 15 is 0 Å². The lowest BCUT2D eigenvalue weighted by atomic mass is 9.94. The molecule has 0 radical (unpaired) electrons. The fourth-order valence-corrected chi connectivity index (χ4v) is 1.05. The lowest BCUT2D eigenvalue weighted by molar-refractivity contribution is -0.142. The van der Waals surface area contributed by atoms with E-state index in [1.54, 1.807) is 6.92 Å². The molecule has 0 spiro atoms. The normalized spacial score (nSPS) is 14.2. The van der Waals surface area contributed by atoms with E-state index in [4.69, 9.17) is 16.2 Å². The first-order chi connectivity index (χ1) is 7.66. The Morgan fingerprint density at radius 1 is 1.42 bits per heavy atom. The maximum Gasteiger partial charge on any atom is 0.323 e. The SMILES string of the molecule is CC(=N)NC/C(F)=C(/C)CC[C@](C)(N)C(=O)O.Cl.Cl. The summed E-state index contributed by atoms with van der Waals surface area (Å²) in [6.45, 7) is 4.47. The topological polar surface area (TPSA) is 99.2 Å². The van der Waals surface area contributed by atoms with E-state index in [9.17, 15) is 9.18 Å². The summed E-state index contributed by atoms with van der Waals surface area (Å²) in [6.07, 6.45) is 0.453. The van der Waals surface area contributed by atoms with Crippen molar-refractivity contribution in [3.05, 3.63) is 11.4 Å². The van der Waals surface area contributed by atoms with Crippen LogP contribution in [0.2, 0.25) is 0 Å².